The largest absolute Gasteiger partial charge is 0.516 e. The van der Waals surface area contributed by atoms with Crippen molar-refractivity contribution in [2.24, 2.45) is 5.92 Å². The molecule has 220 valence electrons. The molecule has 11 nitrogen and oxygen atoms in total. The van der Waals surface area contributed by atoms with E-state index in [9.17, 15) is 40.8 Å². The summed E-state index contributed by atoms with van der Waals surface area (Å²) in [5, 5.41) is 5.04. The number of ether oxygens (including phenoxy) is 1. The standard InChI is InChI=1S/C24H35F3N4O7S/c1-22(2,3)38-21(35)28-16-11-8-6-4-5-7-10-15-14-23(15,20(34)30-39(36,37)24(25,26)27)29-18(32)17-12-9-13-31(17)19(16)33/h7,10,15-17H,4-6,8-9,11-14H2,1-3H3,(H,28,35)(H,29,32)(H,30,34)/b10-7-/t15-,16-,17-,23+/m0/s1. The van der Waals surface area contributed by atoms with Crippen LogP contribution in [0.5, 0.6) is 0 Å². The zero-order chi connectivity index (χ0) is 29.2. The van der Waals surface area contributed by atoms with E-state index in [1.54, 1.807) is 32.9 Å². The molecule has 2 fully saturated rings. The van der Waals surface area contributed by atoms with Crippen molar-refractivity contribution < 1.29 is 45.5 Å². The molecule has 2 heterocycles. The zero-order valence-corrected chi connectivity index (χ0v) is 22.9. The quantitative estimate of drug-likeness (QED) is 0.433. The maximum Gasteiger partial charge on any atom is 0.516 e. The molecular weight excluding hydrogens is 545 g/mol. The van der Waals surface area contributed by atoms with E-state index in [-0.39, 0.29) is 19.4 Å². The van der Waals surface area contributed by atoms with E-state index in [4.69, 9.17) is 4.74 Å². The van der Waals surface area contributed by atoms with Crippen molar-refractivity contribution in [2.75, 3.05) is 6.54 Å². The van der Waals surface area contributed by atoms with Gasteiger partial charge >= 0.3 is 21.6 Å². The number of alkyl halides is 3. The van der Waals surface area contributed by atoms with Gasteiger partial charge in [0.15, 0.2) is 0 Å². The molecule has 0 unspecified atom stereocenters. The SMILES string of the molecule is CC(C)(C)OC(=O)N[C@H]1CCCCC/C=C\[C@H]2C[C@@]2(C(=O)NS(=O)(=O)C(F)(F)F)NC(=O)[C@@H]2CCCN2C1=O. The normalized spacial score (nSPS) is 29.6. The smallest absolute Gasteiger partial charge is 0.444 e. The van der Waals surface area contributed by atoms with Crippen molar-refractivity contribution in [3.8, 4) is 0 Å². The van der Waals surface area contributed by atoms with Crippen molar-refractivity contribution >= 4 is 33.8 Å². The summed E-state index contributed by atoms with van der Waals surface area (Å²) in [5.41, 5.74) is -8.42. The highest BCUT2D eigenvalue weighted by Crippen LogP contribution is 2.46. The van der Waals surface area contributed by atoms with Gasteiger partial charge in [0.1, 0.15) is 23.2 Å². The summed E-state index contributed by atoms with van der Waals surface area (Å²) in [6.45, 7) is 5.22. The Morgan fingerprint density at radius 1 is 1.10 bits per heavy atom. The Bertz CT molecular complexity index is 1120. The van der Waals surface area contributed by atoms with Gasteiger partial charge in [-0.05, 0) is 59.3 Å². The van der Waals surface area contributed by atoms with Crippen LogP contribution in [0.1, 0.15) is 72.1 Å². The van der Waals surface area contributed by atoms with Gasteiger partial charge in [-0.2, -0.15) is 21.6 Å². The molecule has 0 spiro atoms. The van der Waals surface area contributed by atoms with E-state index in [0.29, 0.717) is 38.5 Å². The molecule has 0 aromatic carbocycles. The number of carbonyl (C=O) groups is 4. The van der Waals surface area contributed by atoms with Crippen molar-refractivity contribution in [1.82, 2.24) is 20.3 Å². The lowest BCUT2D eigenvalue weighted by Crippen LogP contribution is -2.59. The lowest BCUT2D eigenvalue weighted by atomic mass is 10.0. The van der Waals surface area contributed by atoms with Gasteiger partial charge in [0.25, 0.3) is 5.91 Å². The molecule has 1 saturated carbocycles. The van der Waals surface area contributed by atoms with Crippen LogP contribution in [0.2, 0.25) is 0 Å². The number of halogens is 3. The maximum absolute atomic E-state index is 13.5. The third-order valence-corrected chi connectivity index (χ3v) is 7.92. The molecular formula is C24H35F3N4O7S. The van der Waals surface area contributed by atoms with Gasteiger partial charge in [-0.25, -0.2) is 9.52 Å². The second kappa shape index (κ2) is 11.3. The second-order valence-electron chi connectivity index (χ2n) is 11.1. The lowest BCUT2D eigenvalue weighted by Gasteiger charge is -2.30. The van der Waals surface area contributed by atoms with Crippen LogP contribution in [0.25, 0.3) is 0 Å². The van der Waals surface area contributed by atoms with Crippen LogP contribution in [0.3, 0.4) is 0 Å². The molecule has 1 saturated heterocycles. The molecule has 3 aliphatic rings. The summed E-state index contributed by atoms with van der Waals surface area (Å²) < 4.78 is 68.3. The summed E-state index contributed by atoms with van der Waals surface area (Å²) >= 11 is 0. The predicted octanol–water partition coefficient (Wildman–Crippen LogP) is 2.23. The number of nitrogens with zero attached hydrogens (tertiary/aromatic N) is 1. The zero-order valence-electron chi connectivity index (χ0n) is 22.1. The molecule has 3 rings (SSSR count). The molecule has 39 heavy (non-hydrogen) atoms. The van der Waals surface area contributed by atoms with E-state index >= 15 is 0 Å². The first-order valence-corrected chi connectivity index (χ1v) is 14.4. The summed E-state index contributed by atoms with van der Waals surface area (Å²) in [5.74, 6) is -3.52. The predicted molar refractivity (Wildman–Crippen MR) is 132 cm³/mol. The van der Waals surface area contributed by atoms with E-state index in [0.717, 1.165) is 4.72 Å². The van der Waals surface area contributed by atoms with Crippen LogP contribution in [0.4, 0.5) is 18.0 Å². The van der Waals surface area contributed by atoms with E-state index in [2.05, 4.69) is 10.6 Å². The van der Waals surface area contributed by atoms with Crippen LogP contribution >= 0.6 is 0 Å². The number of rotatable bonds is 3. The summed E-state index contributed by atoms with van der Waals surface area (Å²) in [6.07, 6.45) is 5.92. The molecule has 3 N–H and O–H groups in total. The van der Waals surface area contributed by atoms with Crippen molar-refractivity contribution in [2.45, 2.75) is 101 Å². The monoisotopic (exact) mass is 580 g/mol. The number of alkyl carbamates (subject to hydrolysis) is 1. The van der Waals surface area contributed by atoms with E-state index in [1.165, 1.54) is 4.90 Å². The van der Waals surface area contributed by atoms with Gasteiger partial charge in [-0.1, -0.05) is 25.0 Å². The van der Waals surface area contributed by atoms with Gasteiger partial charge in [0, 0.05) is 12.5 Å². The number of sulfonamides is 1. The van der Waals surface area contributed by atoms with Gasteiger partial charge in [0.05, 0.1) is 0 Å². The topological polar surface area (TPSA) is 151 Å². The number of carbonyl (C=O) groups excluding carboxylic acids is 4. The highest BCUT2D eigenvalue weighted by Gasteiger charge is 2.62. The Morgan fingerprint density at radius 3 is 2.44 bits per heavy atom. The van der Waals surface area contributed by atoms with Crippen LogP contribution < -0.4 is 15.4 Å². The molecule has 4 atom stereocenters. The van der Waals surface area contributed by atoms with E-state index < -0.39 is 68.5 Å². The third kappa shape index (κ3) is 7.42. The molecule has 0 aromatic rings. The van der Waals surface area contributed by atoms with E-state index in [1.807, 2.05) is 0 Å². The highest BCUT2D eigenvalue weighted by molar-refractivity contribution is 7.90. The number of hydrogen-bond acceptors (Lipinski definition) is 7. The minimum Gasteiger partial charge on any atom is -0.444 e. The first-order chi connectivity index (χ1) is 18.0. The number of nitrogens with one attached hydrogen (secondary N) is 3. The van der Waals surface area contributed by atoms with Crippen LogP contribution in [0.15, 0.2) is 12.2 Å². The second-order valence-corrected chi connectivity index (χ2v) is 12.8. The number of fused-ring (bicyclic) bond motifs is 2. The highest BCUT2D eigenvalue weighted by atomic mass is 32.2. The minimum absolute atomic E-state index is 0.0993. The molecule has 0 aromatic heterocycles. The van der Waals surface area contributed by atoms with Gasteiger partial charge in [-0.15, -0.1) is 0 Å². The van der Waals surface area contributed by atoms with Crippen LogP contribution in [-0.4, -0.2) is 72.4 Å². The molecule has 0 bridgehead atoms. The average molecular weight is 581 g/mol. The maximum atomic E-state index is 13.5. The molecule has 15 heteroatoms. The number of hydrogen-bond donors (Lipinski definition) is 3. The number of amides is 4. The average Bonchev–Trinajstić information content (AvgIpc) is 3.25. The summed E-state index contributed by atoms with van der Waals surface area (Å²) in [4.78, 5) is 53.3. The van der Waals surface area contributed by atoms with Gasteiger partial charge < -0.3 is 20.3 Å². The molecule has 1 aliphatic carbocycles. The first-order valence-electron chi connectivity index (χ1n) is 12.9. The van der Waals surface area contributed by atoms with Crippen LogP contribution in [-0.2, 0) is 29.1 Å². The Labute approximate surface area is 225 Å². The van der Waals surface area contributed by atoms with Crippen molar-refractivity contribution in [3.63, 3.8) is 0 Å². The fourth-order valence-electron chi connectivity index (χ4n) is 4.81. The lowest BCUT2D eigenvalue weighted by molar-refractivity contribution is -0.141. The Hall–Kier alpha value is -2.84. The Morgan fingerprint density at radius 2 is 1.79 bits per heavy atom. The van der Waals surface area contributed by atoms with Crippen molar-refractivity contribution in [1.29, 1.82) is 0 Å². The van der Waals surface area contributed by atoms with Gasteiger partial charge in [-0.3, -0.25) is 14.4 Å². The molecule has 0 radical (unpaired) electrons. The van der Waals surface area contributed by atoms with Crippen molar-refractivity contribution in [3.05, 3.63) is 12.2 Å². The minimum atomic E-state index is -5.99. The third-order valence-electron chi connectivity index (χ3n) is 6.86. The Balaban J connectivity index is 1.85. The van der Waals surface area contributed by atoms with Crippen LogP contribution in [0, 0.1) is 5.92 Å². The number of allylic oxidation sites excluding steroid dienone is 1. The molecule has 4 amide bonds. The summed E-state index contributed by atoms with van der Waals surface area (Å²) in [7, 11) is -5.99. The summed E-state index contributed by atoms with van der Waals surface area (Å²) in [6, 6.07) is -2.03. The molecule has 2 aliphatic heterocycles. The van der Waals surface area contributed by atoms with Gasteiger partial charge in [0.2, 0.25) is 11.8 Å². The Kier molecular flexibility index (Phi) is 8.92. The fourth-order valence-corrected chi connectivity index (χ4v) is 5.36. The fraction of sp³-hybridized carbons (Fsp3) is 0.750. The first kappa shape index (κ1) is 30.7.